The summed E-state index contributed by atoms with van der Waals surface area (Å²) < 4.78 is 5.75. The Bertz CT molecular complexity index is 989. The number of nitrogens with zero attached hydrogens (tertiary/aromatic N) is 1. The molecule has 3 N–H and O–H groups in total. The van der Waals surface area contributed by atoms with E-state index in [1.54, 1.807) is 24.9 Å². The summed E-state index contributed by atoms with van der Waals surface area (Å²) in [5.74, 6) is 0.106. The van der Waals surface area contributed by atoms with E-state index in [9.17, 15) is 14.7 Å². The van der Waals surface area contributed by atoms with E-state index in [0.29, 0.717) is 29.8 Å². The highest BCUT2D eigenvalue weighted by Crippen LogP contribution is 2.35. The molecule has 3 rings (SSSR count). The van der Waals surface area contributed by atoms with Gasteiger partial charge in [0.1, 0.15) is 18.1 Å². The summed E-state index contributed by atoms with van der Waals surface area (Å²) in [4.78, 5) is 30.0. The van der Waals surface area contributed by atoms with Gasteiger partial charge in [0.2, 0.25) is 0 Å². The SMILES string of the molecule is CNC(O)C(C)Oc1ccc2c(c1Cl)C(=O)N(Cc1c(C)cc(C)[nH]c1=O)CC2. The molecule has 1 aromatic carbocycles. The number of ether oxygens (including phenoxy) is 1. The fourth-order valence-electron chi connectivity index (χ4n) is 3.56. The number of pyridine rings is 1. The number of aromatic amines is 1. The summed E-state index contributed by atoms with van der Waals surface area (Å²) in [6, 6.07) is 5.44. The van der Waals surface area contributed by atoms with Gasteiger partial charge in [-0.05, 0) is 57.5 Å². The molecule has 2 unspecified atom stereocenters. The average molecular weight is 420 g/mol. The summed E-state index contributed by atoms with van der Waals surface area (Å²) >= 11 is 6.52. The molecule has 0 saturated carbocycles. The summed E-state index contributed by atoms with van der Waals surface area (Å²) in [7, 11) is 1.62. The van der Waals surface area contributed by atoms with Crippen LogP contribution in [-0.2, 0) is 13.0 Å². The lowest BCUT2D eigenvalue weighted by molar-refractivity contribution is 0.0294. The molecular weight excluding hydrogens is 394 g/mol. The Morgan fingerprint density at radius 1 is 1.34 bits per heavy atom. The summed E-state index contributed by atoms with van der Waals surface area (Å²) in [6.07, 6.45) is -0.789. The Labute approximate surface area is 174 Å². The van der Waals surface area contributed by atoms with Crippen LogP contribution in [0.3, 0.4) is 0 Å². The van der Waals surface area contributed by atoms with Crippen LogP contribution < -0.4 is 15.6 Å². The molecule has 2 atom stereocenters. The Kier molecular flexibility index (Phi) is 6.31. The van der Waals surface area contributed by atoms with E-state index in [-0.39, 0.29) is 23.0 Å². The first-order chi connectivity index (χ1) is 13.7. The predicted octanol–water partition coefficient (Wildman–Crippen LogP) is 2.15. The predicted molar refractivity (Wildman–Crippen MR) is 112 cm³/mol. The van der Waals surface area contributed by atoms with Crippen molar-refractivity contribution < 1.29 is 14.6 Å². The van der Waals surface area contributed by atoms with Crippen LogP contribution in [0.5, 0.6) is 5.75 Å². The van der Waals surface area contributed by atoms with E-state index >= 15 is 0 Å². The van der Waals surface area contributed by atoms with E-state index in [2.05, 4.69) is 10.3 Å². The molecule has 29 heavy (non-hydrogen) atoms. The smallest absolute Gasteiger partial charge is 0.256 e. The van der Waals surface area contributed by atoms with Gasteiger partial charge in [-0.3, -0.25) is 14.9 Å². The molecule has 1 aromatic heterocycles. The first-order valence-corrected chi connectivity index (χ1v) is 9.92. The van der Waals surface area contributed by atoms with Crippen molar-refractivity contribution in [1.82, 2.24) is 15.2 Å². The fraction of sp³-hybridized carbons (Fsp3) is 0.429. The lowest BCUT2D eigenvalue weighted by atomic mass is 9.97. The van der Waals surface area contributed by atoms with Gasteiger partial charge in [0, 0.05) is 17.8 Å². The van der Waals surface area contributed by atoms with Crippen molar-refractivity contribution in [3.63, 3.8) is 0 Å². The van der Waals surface area contributed by atoms with Gasteiger partial charge in [-0.1, -0.05) is 17.7 Å². The molecule has 1 aliphatic rings. The molecule has 1 aliphatic heterocycles. The van der Waals surface area contributed by atoms with Crippen LogP contribution in [0.25, 0.3) is 0 Å². The summed E-state index contributed by atoms with van der Waals surface area (Å²) in [5.41, 5.74) is 3.26. The number of carbonyl (C=O) groups excluding carboxylic acids is 1. The van der Waals surface area contributed by atoms with Crippen molar-refractivity contribution in [1.29, 1.82) is 0 Å². The Morgan fingerprint density at radius 2 is 2.07 bits per heavy atom. The highest BCUT2D eigenvalue weighted by atomic mass is 35.5. The van der Waals surface area contributed by atoms with Gasteiger partial charge in [0.15, 0.2) is 0 Å². The van der Waals surface area contributed by atoms with Crippen molar-refractivity contribution in [2.75, 3.05) is 13.6 Å². The highest BCUT2D eigenvalue weighted by Gasteiger charge is 2.30. The second-order valence-corrected chi connectivity index (χ2v) is 7.77. The van der Waals surface area contributed by atoms with E-state index in [4.69, 9.17) is 16.3 Å². The Morgan fingerprint density at radius 3 is 2.72 bits per heavy atom. The monoisotopic (exact) mass is 419 g/mol. The number of aliphatic hydroxyl groups excluding tert-OH is 1. The average Bonchev–Trinajstić information content (AvgIpc) is 2.67. The fourth-order valence-corrected chi connectivity index (χ4v) is 3.87. The first kappa shape index (κ1) is 21.4. The van der Waals surface area contributed by atoms with Crippen molar-refractivity contribution in [3.8, 4) is 5.75 Å². The topological polar surface area (TPSA) is 94.7 Å². The number of amides is 1. The molecule has 2 aromatic rings. The molecular formula is C21H26ClN3O4. The van der Waals surface area contributed by atoms with Crippen molar-refractivity contribution in [3.05, 3.63) is 61.5 Å². The standard InChI is InChI=1S/C21H26ClN3O4/c1-11-9-12(2)24-20(27)15(11)10-25-8-7-14-5-6-16(18(22)17(14)21(25)28)29-13(3)19(26)23-4/h5-6,9,13,19,23,26H,7-8,10H2,1-4H3,(H,24,27). The van der Waals surface area contributed by atoms with Gasteiger partial charge < -0.3 is 19.7 Å². The number of aliphatic hydroxyl groups is 1. The molecule has 0 aliphatic carbocycles. The van der Waals surface area contributed by atoms with E-state index < -0.39 is 12.3 Å². The molecule has 2 heterocycles. The second kappa shape index (κ2) is 8.57. The maximum Gasteiger partial charge on any atom is 0.256 e. The van der Waals surface area contributed by atoms with Crippen LogP contribution in [0.4, 0.5) is 0 Å². The van der Waals surface area contributed by atoms with Crippen molar-refractivity contribution in [2.24, 2.45) is 0 Å². The lowest BCUT2D eigenvalue weighted by Crippen LogP contribution is -2.40. The number of aromatic nitrogens is 1. The number of H-pyrrole nitrogens is 1. The Balaban J connectivity index is 1.89. The minimum absolute atomic E-state index is 0.181. The summed E-state index contributed by atoms with van der Waals surface area (Å²) in [5, 5.41) is 12.8. The van der Waals surface area contributed by atoms with E-state index in [0.717, 1.165) is 16.8 Å². The van der Waals surface area contributed by atoms with E-state index in [1.165, 1.54) is 0 Å². The third-order valence-electron chi connectivity index (χ3n) is 5.24. The number of likely N-dealkylation sites (N-methyl/N-ethyl adjacent to an activating group) is 1. The van der Waals surface area contributed by atoms with Crippen LogP contribution in [0, 0.1) is 13.8 Å². The number of rotatable bonds is 6. The normalized spacial score (nSPS) is 15.8. The molecule has 156 valence electrons. The van der Waals surface area contributed by atoms with E-state index in [1.807, 2.05) is 26.0 Å². The maximum atomic E-state index is 13.2. The molecule has 8 heteroatoms. The number of nitrogens with one attached hydrogen (secondary N) is 2. The van der Waals surface area contributed by atoms with Gasteiger partial charge in [-0.2, -0.15) is 0 Å². The van der Waals surface area contributed by atoms with Crippen LogP contribution >= 0.6 is 11.6 Å². The highest BCUT2D eigenvalue weighted by molar-refractivity contribution is 6.35. The number of halogens is 1. The van der Waals surface area contributed by atoms with Gasteiger partial charge in [-0.25, -0.2) is 0 Å². The van der Waals surface area contributed by atoms with Crippen LogP contribution in [-0.4, -0.2) is 46.8 Å². The number of benzene rings is 1. The van der Waals surface area contributed by atoms with Gasteiger partial charge in [0.05, 0.1) is 17.1 Å². The molecule has 0 spiro atoms. The van der Waals surface area contributed by atoms with Gasteiger partial charge in [-0.15, -0.1) is 0 Å². The molecule has 7 nitrogen and oxygen atoms in total. The number of hydrogen-bond acceptors (Lipinski definition) is 5. The minimum Gasteiger partial charge on any atom is -0.485 e. The molecule has 0 saturated heterocycles. The Hall–Kier alpha value is -2.35. The van der Waals surface area contributed by atoms with Crippen LogP contribution in [0.1, 0.15) is 39.7 Å². The largest absolute Gasteiger partial charge is 0.485 e. The lowest BCUT2D eigenvalue weighted by Gasteiger charge is -2.30. The second-order valence-electron chi connectivity index (χ2n) is 7.39. The molecule has 0 fully saturated rings. The zero-order valence-electron chi connectivity index (χ0n) is 17.0. The number of fused-ring (bicyclic) bond motifs is 1. The van der Waals surface area contributed by atoms with Crippen LogP contribution in [0.15, 0.2) is 23.0 Å². The maximum absolute atomic E-state index is 13.2. The molecule has 0 radical (unpaired) electrons. The third-order valence-corrected chi connectivity index (χ3v) is 5.62. The number of hydrogen-bond donors (Lipinski definition) is 3. The van der Waals surface area contributed by atoms with Crippen LogP contribution in [0.2, 0.25) is 5.02 Å². The third kappa shape index (κ3) is 4.32. The first-order valence-electron chi connectivity index (χ1n) is 9.55. The number of aryl methyl sites for hydroxylation is 2. The molecule has 0 bridgehead atoms. The minimum atomic E-state index is -0.870. The quantitative estimate of drug-likeness (QED) is 0.624. The van der Waals surface area contributed by atoms with Crippen molar-refractivity contribution >= 4 is 17.5 Å². The zero-order valence-corrected chi connectivity index (χ0v) is 17.8. The zero-order chi connectivity index (χ0) is 21.3. The van der Waals surface area contributed by atoms with Gasteiger partial charge in [0.25, 0.3) is 11.5 Å². The summed E-state index contributed by atoms with van der Waals surface area (Å²) in [6.45, 7) is 6.12. The molecule has 1 amide bonds. The van der Waals surface area contributed by atoms with Gasteiger partial charge >= 0.3 is 0 Å². The number of carbonyl (C=O) groups is 1. The van der Waals surface area contributed by atoms with Crippen molar-refractivity contribution in [2.45, 2.75) is 46.1 Å².